The fourth-order valence-electron chi connectivity index (χ4n) is 2.63. The summed E-state index contributed by atoms with van der Waals surface area (Å²) in [5, 5.41) is 6.12. The Morgan fingerprint density at radius 3 is 2.95 bits per heavy atom. The van der Waals surface area contributed by atoms with Crippen LogP contribution in [-0.2, 0) is 11.2 Å². The number of anilines is 1. The smallest absolute Gasteiger partial charge is 0.224 e. The van der Waals surface area contributed by atoms with Crippen molar-refractivity contribution in [3.8, 4) is 5.75 Å². The zero-order valence-electron chi connectivity index (χ0n) is 12.5. The number of aromatic nitrogens is 1. The molecule has 1 fully saturated rings. The summed E-state index contributed by atoms with van der Waals surface area (Å²) < 4.78 is 5.12. The highest BCUT2D eigenvalue weighted by atomic mass is 32.1. The van der Waals surface area contributed by atoms with Crippen molar-refractivity contribution in [2.75, 3.05) is 25.1 Å². The number of hydrogen-bond acceptors (Lipinski definition) is 5. The molecule has 1 aromatic heterocycles. The maximum atomic E-state index is 12.1. The molecular weight excluding hydrogens is 298 g/mol. The summed E-state index contributed by atoms with van der Waals surface area (Å²) in [6.45, 7) is 1.78. The van der Waals surface area contributed by atoms with E-state index in [2.05, 4.69) is 15.2 Å². The van der Waals surface area contributed by atoms with E-state index in [9.17, 15) is 4.79 Å². The second-order valence-electron chi connectivity index (χ2n) is 5.34. The van der Waals surface area contributed by atoms with Gasteiger partial charge in [0.1, 0.15) is 5.75 Å². The summed E-state index contributed by atoms with van der Waals surface area (Å²) in [6.07, 6.45) is 3.18. The minimum atomic E-state index is 0.0659. The SMILES string of the molecule is COc1ccc(CC(=O)NC2CCN(c3nccs3)C2)cc1. The van der Waals surface area contributed by atoms with Crippen LogP contribution in [0.25, 0.3) is 0 Å². The van der Waals surface area contributed by atoms with E-state index in [1.165, 1.54) is 0 Å². The minimum absolute atomic E-state index is 0.0659. The summed E-state index contributed by atoms with van der Waals surface area (Å²) in [5.74, 6) is 0.871. The molecule has 2 heterocycles. The molecule has 22 heavy (non-hydrogen) atoms. The van der Waals surface area contributed by atoms with Crippen LogP contribution in [0, 0.1) is 0 Å². The lowest BCUT2D eigenvalue weighted by Gasteiger charge is -2.15. The molecular formula is C16H19N3O2S. The summed E-state index contributed by atoms with van der Waals surface area (Å²) in [4.78, 5) is 18.7. The molecule has 1 aliphatic rings. The van der Waals surface area contributed by atoms with E-state index in [1.807, 2.05) is 35.8 Å². The van der Waals surface area contributed by atoms with Crippen LogP contribution in [0.4, 0.5) is 5.13 Å². The maximum Gasteiger partial charge on any atom is 0.224 e. The van der Waals surface area contributed by atoms with Gasteiger partial charge in [-0.1, -0.05) is 12.1 Å². The Balaban J connectivity index is 1.49. The van der Waals surface area contributed by atoms with Gasteiger partial charge < -0.3 is 15.0 Å². The van der Waals surface area contributed by atoms with Gasteiger partial charge in [0, 0.05) is 30.7 Å². The molecule has 2 aromatic rings. The van der Waals surface area contributed by atoms with Crippen LogP contribution in [0.1, 0.15) is 12.0 Å². The molecule has 1 atom stereocenters. The van der Waals surface area contributed by atoms with E-state index in [1.54, 1.807) is 18.4 Å². The van der Waals surface area contributed by atoms with E-state index in [0.717, 1.165) is 36.0 Å². The number of benzene rings is 1. The molecule has 6 heteroatoms. The summed E-state index contributed by atoms with van der Waals surface area (Å²) in [5.41, 5.74) is 0.994. The van der Waals surface area contributed by atoms with Gasteiger partial charge in [-0.25, -0.2) is 4.98 Å². The number of hydrogen-bond donors (Lipinski definition) is 1. The summed E-state index contributed by atoms with van der Waals surface area (Å²) >= 11 is 1.64. The van der Waals surface area contributed by atoms with Gasteiger partial charge in [-0.2, -0.15) is 0 Å². The number of rotatable bonds is 5. The maximum absolute atomic E-state index is 12.1. The number of carbonyl (C=O) groups is 1. The lowest BCUT2D eigenvalue weighted by atomic mass is 10.1. The van der Waals surface area contributed by atoms with E-state index in [4.69, 9.17) is 4.74 Å². The zero-order valence-corrected chi connectivity index (χ0v) is 13.3. The predicted molar refractivity (Wildman–Crippen MR) is 87.6 cm³/mol. The largest absolute Gasteiger partial charge is 0.497 e. The lowest BCUT2D eigenvalue weighted by molar-refractivity contribution is -0.121. The zero-order chi connectivity index (χ0) is 15.4. The van der Waals surface area contributed by atoms with Crippen molar-refractivity contribution in [1.82, 2.24) is 10.3 Å². The number of methoxy groups -OCH3 is 1. The molecule has 0 radical (unpaired) electrons. The first-order valence-corrected chi connectivity index (χ1v) is 8.19. The van der Waals surface area contributed by atoms with Gasteiger partial charge in [-0.15, -0.1) is 11.3 Å². The standard InChI is InChI=1S/C16H19N3O2S/c1-21-14-4-2-12(3-5-14)10-15(20)18-13-6-8-19(11-13)16-17-7-9-22-16/h2-5,7,9,13H,6,8,10-11H2,1H3,(H,18,20). The predicted octanol–water partition coefficient (Wildman–Crippen LogP) is 2.09. The van der Waals surface area contributed by atoms with Crippen molar-refractivity contribution in [2.24, 2.45) is 0 Å². The Morgan fingerprint density at radius 1 is 1.45 bits per heavy atom. The molecule has 0 spiro atoms. The monoisotopic (exact) mass is 317 g/mol. The van der Waals surface area contributed by atoms with Gasteiger partial charge in [0.05, 0.1) is 13.5 Å². The van der Waals surface area contributed by atoms with Crippen molar-refractivity contribution >= 4 is 22.4 Å². The van der Waals surface area contributed by atoms with Gasteiger partial charge in [-0.05, 0) is 24.1 Å². The van der Waals surface area contributed by atoms with Crippen molar-refractivity contribution in [3.05, 3.63) is 41.4 Å². The van der Waals surface area contributed by atoms with Crippen molar-refractivity contribution in [2.45, 2.75) is 18.9 Å². The van der Waals surface area contributed by atoms with Crippen molar-refractivity contribution in [1.29, 1.82) is 0 Å². The molecule has 116 valence electrons. The van der Waals surface area contributed by atoms with Gasteiger partial charge in [0.25, 0.3) is 0 Å². The number of thiazole rings is 1. The van der Waals surface area contributed by atoms with Crippen molar-refractivity contribution < 1.29 is 9.53 Å². The van der Waals surface area contributed by atoms with E-state index in [-0.39, 0.29) is 11.9 Å². The third kappa shape index (κ3) is 3.57. The lowest BCUT2D eigenvalue weighted by Crippen LogP contribution is -2.37. The first-order valence-electron chi connectivity index (χ1n) is 7.31. The van der Waals surface area contributed by atoms with Crippen LogP contribution in [0.5, 0.6) is 5.75 Å². The number of carbonyl (C=O) groups excluding carboxylic acids is 1. The van der Waals surface area contributed by atoms with Gasteiger partial charge in [0.15, 0.2) is 5.13 Å². The average molecular weight is 317 g/mol. The first-order chi connectivity index (χ1) is 10.7. The van der Waals surface area contributed by atoms with Crippen LogP contribution >= 0.6 is 11.3 Å². The van der Waals surface area contributed by atoms with Gasteiger partial charge in [0.2, 0.25) is 5.91 Å². The highest BCUT2D eigenvalue weighted by Gasteiger charge is 2.25. The van der Waals surface area contributed by atoms with Crippen LogP contribution in [0.2, 0.25) is 0 Å². The van der Waals surface area contributed by atoms with Crippen LogP contribution in [-0.4, -0.2) is 37.1 Å². The Hall–Kier alpha value is -2.08. The van der Waals surface area contributed by atoms with E-state index in [0.29, 0.717) is 6.42 Å². The first kappa shape index (κ1) is 14.8. The Morgan fingerprint density at radius 2 is 2.27 bits per heavy atom. The molecule has 3 rings (SSSR count). The average Bonchev–Trinajstić information content (AvgIpc) is 3.19. The quantitative estimate of drug-likeness (QED) is 0.917. The van der Waals surface area contributed by atoms with Crippen LogP contribution < -0.4 is 15.0 Å². The molecule has 1 aromatic carbocycles. The number of amides is 1. The second kappa shape index (κ2) is 6.79. The topological polar surface area (TPSA) is 54.5 Å². The van der Waals surface area contributed by atoms with E-state index >= 15 is 0 Å². The van der Waals surface area contributed by atoms with E-state index < -0.39 is 0 Å². The minimum Gasteiger partial charge on any atom is -0.497 e. The number of nitrogens with zero attached hydrogens (tertiary/aromatic N) is 2. The van der Waals surface area contributed by atoms with Crippen LogP contribution in [0.3, 0.4) is 0 Å². The van der Waals surface area contributed by atoms with Gasteiger partial charge >= 0.3 is 0 Å². The fraction of sp³-hybridized carbons (Fsp3) is 0.375. The normalized spacial score (nSPS) is 17.5. The molecule has 1 amide bonds. The molecule has 1 N–H and O–H groups in total. The molecule has 1 unspecified atom stereocenters. The van der Waals surface area contributed by atoms with Gasteiger partial charge in [-0.3, -0.25) is 4.79 Å². The molecule has 0 aliphatic carbocycles. The van der Waals surface area contributed by atoms with Crippen LogP contribution in [0.15, 0.2) is 35.8 Å². The highest BCUT2D eigenvalue weighted by Crippen LogP contribution is 2.22. The highest BCUT2D eigenvalue weighted by molar-refractivity contribution is 7.13. The Kier molecular flexibility index (Phi) is 4.58. The molecule has 0 saturated carbocycles. The fourth-order valence-corrected chi connectivity index (χ4v) is 3.31. The number of nitrogens with one attached hydrogen (secondary N) is 1. The third-order valence-corrected chi connectivity index (χ3v) is 4.60. The molecule has 1 saturated heterocycles. The second-order valence-corrected chi connectivity index (χ2v) is 6.21. The summed E-state index contributed by atoms with van der Waals surface area (Å²) in [7, 11) is 1.63. The van der Waals surface area contributed by atoms with Crippen molar-refractivity contribution in [3.63, 3.8) is 0 Å². The summed E-state index contributed by atoms with van der Waals surface area (Å²) in [6, 6.07) is 7.81. The molecule has 1 aliphatic heterocycles. The molecule has 5 nitrogen and oxygen atoms in total. The number of ether oxygens (including phenoxy) is 1. The third-order valence-electron chi connectivity index (χ3n) is 3.77. The Labute approximate surface area is 133 Å². The molecule has 0 bridgehead atoms. The Bertz CT molecular complexity index is 613.